The van der Waals surface area contributed by atoms with Gasteiger partial charge in [-0.3, -0.25) is 9.48 Å². The fraction of sp³-hybridized carbons (Fsp3) is 0.0938. The second-order valence-corrected chi connectivity index (χ2v) is 11.0. The minimum absolute atomic E-state index is 0.00446. The highest BCUT2D eigenvalue weighted by Crippen LogP contribution is 2.49. The standard InChI is InChI=1S/C32H26FN7O2S/c1-17(2)31(41)39-22-8-5-19(6-9-22)28-26(20-7-10-25(24(33)13-20)42-32-35-12-11-18(3)38-32)27-29(43-28)23(15-36-30(27)34)21-14-37-40(4)16-21/h5-16H,1H2,2-4H3,(H2,34,36)(H,39,41). The van der Waals surface area contributed by atoms with Crippen LogP contribution < -0.4 is 15.8 Å². The van der Waals surface area contributed by atoms with Gasteiger partial charge in [0.15, 0.2) is 11.6 Å². The van der Waals surface area contributed by atoms with Gasteiger partial charge in [-0.25, -0.2) is 19.3 Å². The molecule has 0 aliphatic carbocycles. The minimum Gasteiger partial charge on any atom is -0.421 e. The quantitative estimate of drug-likeness (QED) is 0.189. The van der Waals surface area contributed by atoms with Crippen LogP contribution in [0.3, 0.4) is 0 Å². The smallest absolute Gasteiger partial charge is 0.322 e. The first-order valence-corrected chi connectivity index (χ1v) is 14.0. The lowest BCUT2D eigenvalue weighted by Crippen LogP contribution is -2.11. The number of thiophene rings is 1. The van der Waals surface area contributed by atoms with Crippen molar-refractivity contribution in [2.24, 2.45) is 7.05 Å². The molecule has 6 aromatic rings. The molecule has 4 aromatic heterocycles. The average molecular weight is 592 g/mol. The summed E-state index contributed by atoms with van der Waals surface area (Å²) >= 11 is 1.52. The zero-order chi connectivity index (χ0) is 30.2. The van der Waals surface area contributed by atoms with E-state index in [1.165, 1.54) is 17.4 Å². The van der Waals surface area contributed by atoms with Gasteiger partial charge in [-0.15, -0.1) is 11.3 Å². The normalized spacial score (nSPS) is 11.1. The molecular formula is C32H26FN7O2S. The second kappa shape index (κ2) is 11.1. The van der Waals surface area contributed by atoms with E-state index < -0.39 is 5.82 Å². The van der Waals surface area contributed by atoms with E-state index in [4.69, 9.17) is 10.5 Å². The largest absolute Gasteiger partial charge is 0.421 e. The first-order valence-electron chi connectivity index (χ1n) is 13.2. The fourth-order valence-corrected chi connectivity index (χ4v) is 5.99. The first-order chi connectivity index (χ1) is 20.7. The maximum Gasteiger partial charge on any atom is 0.322 e. The van der Waals surface area contributed by atoms with Crippen molar-refractivity contribution in [1.82, 2.24) is 24.7 Å². The molecular weight excluding hydrogens is 565 g/mol. The van der Waals surface area contributed by atoms with Crippen LogP contribution in [-0.2, 0) is 11.8 Å². The monoisotopic (exact) mass is 591 g/mol. The van der Waals surface area contributed by atoms with E-state index in [-0.39, 0.29) is 17.7 Å². The molecule has 43 heavy (non-hydrogen) atoms. The zero-order valence-electron chi connectivity index (χ0n) is 23.6. The number of aromatic nitrogens is 5. The highest BCUT2D eigenvalue weighted by Gasteiger charge is 2.23. The molecule has 4 heterocycles. The number of ether oxygens (including phenoxy) is 1. The van der Waals surface area contributed by atoms with Crippen LogP contribution in [0.4, 0.5) is 15.9 Å². The lowest BCUT2D eigenvalue weighted by Gasteiger charge is -2.11. The Hall–Kier alpha value is -5.42. The lowest BCUT2D eigenvalue weighted by atomic mass is 9.97. The number of benzene rings is 2. The summed E-state index contributed by atoms with van der Waals surface area (Å²) in [4.78, 5) is 25.8. The summed E-state index contributed by atoms with van der Waals surface area (Å²) in [5.74, 6) is -0.528. The van der Waals surface area contributed by atoms with Crippen LogP contribution in [0.1, 0.15) is 12.6 Å². The van der Waals surface area contributed by atoms with Crippen molar-refractivity contribution in [3.8, 4) is 44.5 Å². The van der Waals surface area contributed by atoms with E-state index in [0.717, 1.165) is 31.8 Å². The molecule has 0 saturated carbocycles. The van der Waals surface area contributed by atoms with E-state index in [2.05, 4.69) is 31.9 Å². The van der Waals surface area contributed by atoms with Crippen molar-refractivity contribution in [3.63, 3.8) is 0 Å². The summed E-state index contributed by atoms with van der Waals surface area (Å²) in [5.41, 5.74) is 12.2. The third kappa shape index (κ3) is 5.45. The SMILES string of the molecule is C=C(C)C(=O)Nc1ccc(-c2sc3c(-c4cnn(C)c4)cnc(N)c3c2-c2ccc(Oc3nccc(C)n3)c(F)c2)cc1. The number of nitrogens with one attached hydrogen (secondary N) is 1. The number of nitrogens with zero attached hydrogens (tertiary/aromatic N) is 5. The number of fused-ring (bicyclic) bond motifs is 1. The third-order valence-electron chi connectivity index (χ3n) is 6.74. The molecule has 9 nitrogen and oxygen atoms in total. The number of halogens is 1. The number of hydrogen-bond donors (Lipinski definition) is 2. The Bertz CT molecular complexity index is 2030. The van der Waals surface area contributed by atoms with Crippen molar-refractivity contribution < 1.29 is 13.9 Å². The molecule has 214 valence electrons. The Morgan fingerprint density at radius 1 is 1.07 bits per heavy atom. The second-order valence-electron chi connectivity index (χ2n) is 10.0. The van der Waals surface area contributed by atoms with E-state index in [0.29, 0.717) is 33.7 Å². The molecule has 6 rings (SSSR count). The number of carbonyl (C=O) groups is 1. The molecule has 2 aromatic carbocycles. The Labute approximate surface area is 250 Å². The van der Waals surface area contributed by atoms with Gasteiger partial charge < -0.3 is 15.8 Å². The summed E-state index contributed by atoms with van der Waals surface area (Å²) in [6, 6.07) is 14.0. The number of carbonyl (C=O) groups excluding carboxylic acids is 1. The van der Waals surface area contributed by atoms with Crippen molar-refractivity contribution in [3.05, 3.63) is 97.0 Å². The number of rotatable bonds is 7. The molecule has 11 heteroatoms. The predicted octanol–water partition coefficient (Wildman–Crippen LogP) is 7.16. The summed E-state index contributed by atoms with van der Waals surface area (Å²) < 4.78 is 23.8. The number of nitrogens with two attached hydrogens (primary N) is 1. The van der Waals surface area contributed by atoms with Gasteiger partial charge in [0.2, 0.25) is 0 Å². The summed E-state index contributed by atoms with van der Waals surface area (Å²) in [5, 5.41) is 7.85. The molecule has 0 fully saturated rings. The zero-order valence-corrected chi connectivity index (χ0v) is 24.4. The Balaban J connectivity index is 1.51. The first kappa shape index (κ1) is 27.7. The number of amides is 1. The van der Waals surface area contributed by atoms with Crippen LogP contribution >= 0.6 is 11.3 Å². The fourth-order valence-electron chi connectivity index (χ4n) is 4.62. The average Bonchev–Trinajstić information content (AvgIpc) is 3.59. The molecule has 0 aliphatic rings. The van der Waals surface area contributed by atoms with Crippen LogP contribution in [0, 0.1) is 12.7 Å². The molecule has 0 radical (unpaired) electrons. The van der Waals surface area contributed by atoms with Gasteiger partial charge in [0.25, 0.3) is 5.91 Å². The highest BCUT2D eigenvalue weighted by atomic mass is 32.1. The minimum atomic E-state index is -0.583. The predicted molar refractivity (Wildman–Crippen MR) is 167 cm³/mol. The molecule has 0 atom stereocenters. The van der Waals surface area contributed by atoms with E-state index in [9.17, 15) is 4.79 Å². The number of pyridine rings is 1. The van der Waals surface area contributed by atoms with Crippen LogP contribution in [0.2, 0.25) is 0 Å². The van der Waals surface area contributed by atoms with Crippen LogP contribution in [0.25, 0.3) is 42.8 Å². The molecule has 0 spiro atoms. The topological polar surface area (TPSA) is 121 Å². The molecule has 3 N–H and O–H groups in total. The molecule has 0 saturated heterocycles. The molecule has 1 amide bonds. The van der Waals surface area contributed by atoms with Gasteiger partial charge in [0.1, 0.15) is 5.82 Å². The van der Waals surface area contributed by atoms with Crippen molar-refractivity contribution in [2.75, 3.05) is 11.1 Å². The Kier molecular flexibility index (Phi) is 7.16. The van der Waals surface area contributed by atoms with Crippen molar-refractivity contribution in [2.45, 2.75) is 13.8 Å². The van der Waals surface area contributed by atoms with Gasteiger partial charge in [0.05, 0.1) is 6.20 Å². The molecule has 0 bridgehead atoms. The number of hydrogen-bond acceptors (Lipinski definition) is 8. The van der Waals surface area contributed by atoms with Crippen LogP contribution in [-0.4, -0.2) is 30.6 Å². The van der Waals surface area contributed by atoms with Gasteiger partial charge in [-0.1, -0.05) is 24.8 Å². The lowest BCUT2D eigenvalue weighted by molar-refractivity contribution is -0.112. The Morgan fingerprint density at radius 3 is 2.51 bits per heavy atom. The highest BCUT2D eigenvalue weighted by molar-refractivity contribution is 7.23. The number of aryl methyl sites for hydroxylation is 2. The van der Waals surface area contributed by atoms with Crippen molar-refractivity contribution >= 4 is 38.8 Å². The Morgan fingerprint density at radius 2 is 1.84 bits per heavy atom. The molecule has 0 unspecified atom stereocenters. The molecule has 0 aliphatic heterocycles. The number of anilines is 2. The van der Waals surface area contributed by atoms with Crippen LogP contribution in [0.15, 0.2) is 85.5 Å². The summed E-state index contributed by atoms with van der Waals surface area (Å²) in [7, 11) is 1.85. The van der Waals surface area contributed by atoms with Crippen LogP contribution in [0.5, 0.6) is 11.8 Å². The maximum atomic E-state index is 15.6. The van der Waals surface area contributed by atoms with E-state index in [1.807, 2.05) is 37.5 Å². The van der Waals surface area contributed by atoms with E-state index in [1.54, 1.807) is 55.3 Å². The van der Waals surface area contributed by atoms with Crippen molar-refractivity contribution in [1.29, 1.82) is 0 Å². The van der Waals surface area contributed by atoms with Gasteiger partial charge in [0, 0.05) is 74.2 Å². The summed E-state index contributed by atoms with van der Waals surface area (Å²) in [6.45, 7) is 7.14. The maximum absolute atomic E-state index is 15.6. The third-order valence-corrected chi connectivity index (χ3v) is 8.02. The van der Waals surface area contributed by atoms with Gasteiger partial charge in [-0.05, 0) is 55.3 Å². The number of nitrogen functional groups attached to an aromatic ring is 1. The van der Waals surface area contributed by atoms with Gasteiger partial charge in [-0.2, -0.15) is 5.10 Å². The summed E-state index contributed by atoms with van der Waals surface area (Å²) in [6.07, 6.45) is 6.96. The van der Waals surface area contributed by atoms with E-state index >= 15 is 4.39 Å². The van der Waals surface area contributed by atoms with Gasteiger partial charge >= 0.3 is 6.01 Å².